The summed E-state index contributed by atoms with van der Waals surface area (Å²) in [6.45, 7) is -2.00. The molecular formula is C29H31Cl2F2N3O6S. The van der Waals surface area contributed by atoms with E-state index in [-0.39, 0.29) is 45.0 Å². The number of aromatic nitrogens is 1. The van der Waals surface area contributed by atoms with Crippen molar-refractivity contribution in [3.8, 4) is 11.5 Å². The second kappa shape index (κ2) is 14.6. The molecular weight excluding hydrogens is 627 g/mol. The van der Waals surface area contributed by atoms with Crippen molar-refractivity contribution in [2.24, 2.45) is 5.92 Å². The predicted molar refractivity (Wildman–Crippen MR) is 158 cm³/mol. The molecule has 0 amide bonds. The number of sulfonamides is 1. The van der Waals surface area contributed by atoms with E-state index in [4.69, 9.17) is 32.7 Å². The molecule has 1 heterocycles. The third-order valence-corrected chi connectivity index (χ3v) is 8.70. The number of rotatable bonds is 15. The van der Waals surface area contributed by atoms with Crippen molar-refractivity contribution in [1.29, 1.82) is 0 Å². The SMILES string of the molecule is CN(C)CCNS(=O)(=O)c1ccc(C(=O)O[C@@H](Cc2c(Cl)cncc2Cl)c2ccc(OC(F)F)c(OCC3CC3)c2)cc1. The standard InChI is InChI=1S/C29H31Cl2F2N3O6S/c1-36(2)12-11-35-43(38,39)21-8-5-19(6-9-21)28(37)41-26(14-22-23(30)15-34-16-24(22)31)20-7-10-25(42-29(32)33)27(13-20)40-17-18-3-4-18/h5-10,13,15-16,18,26,29,35H,3-4,11-12,14,17H2,1-2H3/t26-/m0/s1. The number of pyridine rings is 1. The van der Waals surface area contributed by atoms with Crippen LogP contribution in [0.5, 0.6) is 11.5 Å². The minimum atomic E-state index is -3.78. The lowest BCUT2D eigenvalue weighted by Crippen LogP contribution is -2.31. The van der Waals surface area contributed by atoms with E-state index in [1.54, 1.807) is 0 Å². The highest BCUT2D eigenvalue weighted by Crippen LogP contribution is 2.38. The number of hydrogen-bond donors (Lipinski definition) is 1. The summed E-state index contributed by atoms with van der Waals surface area (Å²) < 4.78 is 70.2. The third kappa shape index (κ3) is 9.48. The first kappa shape index (κ1) is 32.9. The fourth-order valence-corrected chi connectivity index (χ4v) is 5.56. The molecule has 0 radical (unpaired) electrons. The van der Waals surface area contributed by atoms with Crippen LogP contribution in [0.1, 0.15) is 40.4 Å². The van der Waals surface area contributed by atoms with Crippen molar-refractivity contribution in [1.82, 2.24) is 14.6 Å². The summed E-state index contributed by atoms with van der Waals surface area (Å²) in [5, 5.41) is 0.487. The fraction of sp³-hybridized carbons (Fsp3) is 0.379. The van der Waals surface area contributed by atoms with E-state index in [1.165, 1.54) is 54.9 Å². The fourth-order valence-electron chi connectivity index (χ4n) is 4.02. The van der Waals surface area contributed by atoms with Gasteiger partial charge < -0.3 is 19.1 Å². The van der Waals surface area contributed by atoms with Gasteiger partial charge in [-0.2, -0.15) is 8.78 Å². The molecule has 2 aromatic carbocycles. The van der Waals surface area contributed by atoms with E-state index >= 15 is 0 Å². The van der Waals surface area contributed by atoms with E-state index in [9.17, 15) is 22.0 Å². The second-order valence-corrected chi connectivity index (χ2v) is 12.8. The van der Waals surface area contributed by atoms with E-state index in [0.717, 1.165) is 12.8 Å². The molecule has 1 N–H and O–H groups in total. The Bertz CT molecular complexity index is 1500. The summed E-state index contributed by atoms with van der Waals surface area (Å²) in [6, 6.07) is 9.59. The van der Waals surface area contributed by atoms with Crippen molar-refractivity contribution in [3.63, 3.8) is 0 Å². The number of esters is 1. The van der Waals surface area contributed by atoms with Gasteiger partial charge in [0.05, 0.1) is 27.1 Å². The Morgan fingerprint density at radius 3 is 2.35 bits per heavy atom. The van der Waals surface area contributed by atoms with Crippen LogP contribution in [0.15, 0.2) is 59.8 Å². The minimum absolute atomic E-state index is 0.0122. The lowest BCUT2D eigenvalue weighted by atomic mass is 10.0. The molecule has 0 unspecified atom stereocenters. The van der Waals surface area contributed by atoms with Gasteiger partial charge in [0.2, 0.25) is 10.0 Å². The van der Waals surface area contributed by atoms with E-state index in [1.807, 2.05) is 19.0 Å². The molecule has 4 rings (SSSR count). The molecule has 9 nitrogen and oxygen atoms in total. The number of halogens is 4. The number of carbonyl (C=O) groups excluding carboxylic acids is 1. The summed E-state index contributed by atoms with van der Waals surface area (Å²) in [5.41, 5.74) is 0.954. The zero-order valence-corrected chi connectivity index (χ0v) is 25.8. The molecule has 1 fully saturated rings. The molecule has 1 saturated carbocycles. The number of hydrogen-bond acceptors (Lipinski definition) is 8. The first-order valence-electron chi connectivity index (χ1n) is 13.4. The van der Waals surface area contributed by atoms with Crippen molar-refractivity contribution in [2.75, 3.05) is 33.8 Å². The number of benzene rings is 2. The highest BCUT2D eigenvalue weighted by Gasteiger charge is 2.26. The van der Waals surface area contributed by atoms with Gasteiger partial charge in [-0.3, -0.25) is 4.98 Å². The maximum atomic E-state index is 13.3. The van der Waals surface area contributed by atoms with Crippen LogP contribution in [0, 0.1) is 5.92 Å². The molecule has 14 heteroatoms. The summed E-state index contributed by atoms with van der Waals surface area (Å²) in [5.74, 6) is -0.500. The molecule has 1 atom stereocenters. The smallest absolute Gasteiger partial charge is 0.387 e. The summed E-state index contributed by atoms with van der Waals surface area (Å²) in [6.07, 6.45) is 3.79. The first-order chi connectivity index (χ1) is 20.4. The van der Waals surface area contributed by atoms with Crippen molar-refractivity contribution < 1.29 is 36.2 Å². The topological polar surface area (TPSA) is 107 Å². The average molecular weight is 659 g/mol. The monoisotopic (exact) mass is 657 g/mol. The molecule has 43 heavy (non-hydrogen) atoms. The Morgan fingerprint density at radius 2 is 1.74 bits per heavy atom. The summed E-state index contributed by atoms with van der Waals surface area (Å²) in [4.78, 5) is 19.1. The Morgan fingerprint density at radius 1 is 1.07 bits per heavy atom. The van der Waals surface area contributed by atoms with Crippen LogP contribution in [0.2, 0.25) is 10.0 Å². The summed E-state index contributed by atoms with van der Waals surface area (Å²) >= 11 is 12.7. The van der Waals surface area contributed by atoms with Crippen LogP contribution in [0.4, 0.5) is 8.78 Å². The number of likely N-dealkylation sites (N-methyl/N-ethyl adjacent to an activating group) is 1. The largest absolute Gasteiger partial charge is 0.489 e. The number of alkyl halides is 2. The lowest BCUT2D eigenvalue weighted by Gasteiger charge is -2.21. The van der Waals surface area contributed by atoms with Crippen LogP contribution in [-0.2, 0) is 21.2 Å². The van der Waals surface area contributed by atoms with E-state index < -0.39 is 28.7 Å². The quantitative estimate of drug-likeness (QED) is 0.206. The second-order valence-electron chi connectivity index (χ2n) is 10.2. The average Bonchev–Trinajstić information content (AvgIpc) is 3.78. The van der Waals surface area contributed by atoms with Crippen LogP contribution in [0.25, 0.3) is 0 Å². The van der Waals surface area contributed by atoms with Crippen LogP contribution < -0.4 is 14.2 Å². The van der Waals surface area contributed by atoms with Gasteiger partial charge in [0, 0.05) is 31.9 Å². The molecule has 1 aliphatic carbocycles. The van der Waals surface area contributed by atoms with Crippen LogP contribution in [-0.4, -0.2) is 64.7 Å². The zero-order chi connectivity index (χ0) is 31.1. The van der Waals surface area contributed by atoms with Crippen LogP contribution >= 0.6 is 23.2 Å². The van der Waals surface area contributed by atoms with Gasteiger partial charge in [0.1, 0.15) is 6.10 Å². The van der Waals surface area contributed by atoms with Gasteiger partial charge in [-0.15, -0.1) is 0 Å². The van der Waals surface area contributed by atoms with Gasteiger partial charge in [0.25, 0.3) is 0 Å². The highest BCUT2D eigenvalue weighted by atomic mass is 35.5. The minimum Gasteiger partial charge on any atom is -0.489 e. The molecule has 0 saturated heterocycles. The third-order valence-electron chi connectivity index (χ3n) is 6.57. The molecule has 0 spiro atoms. The highest BCUT2D eigenvalue weighted by molar-refractivity contribution is 7.89. The van der Waals surface area contributed by atoms with Gasteiger partial charge in [0.15, 0.2) is 11.5 Å². The van der Waals surface area contributed by atoms with Crippen molar-refractivity contribution in [3.05, 3.63) is 81.6 Å². The van der Waals surface area contributed by atoms with Crippen molar-refractivity contribution in [2.45, 2.75) is 36.9 Å². The van der Waals surface area contributed by atoms with Crippen LogP contribution in [0.3, 0.4) is 0 Å². The molecule has 1 aromatic heterocycles. The number of ether oxygens (including phenoxy) is 3. The van der Waals surface area contributed by atoms with Crippen molar-refractivity contribution >= 4 is 39.2 Å². The van der Waals surface area contributed by atoms with E-state index in [2.05, 4.69) is 14.4 Å². The lowest BCUT2D eigenvalue weighted by molar-refractivity contribution is -0.0515. The zero-order valence-electron chi connectivity index (χ0n) is 23.4. The number of nitrogens with one attached hydrogen (secondary N) is 1. The first-order valence-corrected chi connectivity index (χ1v) is 15.6. The van der Waals surface area contributed by atoms with Gasteiger partial charge in [-0.05, 0) is 80.4 Å². The van der Waals surface area contributed by atoms with Gasteiger partial charge in [-0.25, -0.2) is 17.9 Å². The maximum Gasteiger partial charge on any atom is 0.387 e. The summed E-state index contributed by atoms with van der Waals surface area (Å²) in [7, 11) is -0.132. The predicted octanol–water partition coefficient (Wildman–Crippen LogP) is 5.76. The Hall–Kier alpha value is -3.03. The Balaban J connectivity index is 1.60. The molecule has 0 aliphatic heterocycles. The molecule has 0 bridgehead atoms. The molecule has 232 valence electrons. The molecule has 1 aliphatic rings. The molecule has 3 aromatic rings. The maximum absolute atomic E-state index is 13.3. The van der Waals surface area contributed by atoms with Gasteiger partial charge in [-0.1, -0.05) is 29.3 Å². The van der Waals surface area contributed by atoms with E-state index in [0.29, 0.717) is 30.2 Å². The normalized spacial score (nSPS) is 14.1. The number of carbonyl (C=O) groups is 1. The van der Waals surface area contributed by atoms with Gasteiger partial charge >= 0.3 is 12.6 Å². The Labute approximate surface area is 259 Å². The number of nitrogens with zero attached hydrogens (tertiary/aromatic N) is 2. The Kier molecular flexibility index (Phi) is 11.2.